The van der Waals surface area contributed by atoms with Gasteiger partial charge < -0.3 is 28.6 Å². The molecule has 0 spiro atoms. The first-order valence-corrected chi connectivity index (χ1v) is 30.1. The first kappa shape index (κ1) is 59.3. The SMILES string of the molecule is C=C[C@H](C)C(O[Si](C)(C)C(C)(C)C)C(C)C(=O)C(C)(C)[C@@H](O)CC(=O)O.C=C[C@H](C)[C@@H](O[Si](C)(C)C(C)(C)C)C(C)C(=O)C(C)(C)[C@@H](CC(=O)O)O[Si](C)(C)C(C)(C)C. The van der Waals surface area contributed by atoms with Gasteiger partial charge in [-0.3, -0.25) is 19.2 Å². The topological polar surface area (TPSA) is 157 Å². The highest BCUT2D eigenvalue weighted by Gasteiger charge is 2.50. The van der Waals surface area contributed by atoms with E-state index in [4.69, 9.17) is 18.4 Å². The number of hydrogen-bond donors (Lipinski definition) is 3. The lowest BCUT2D eigenvalue weighted by molar-refractivity contribution is -0.148. The molecule has 0 aliphatic heterocycles. The van der Waals surface area contributed by atoms with Gasteiger partial charge in [-0.15, -0.1) is 13.2 Å². The monoisotopic (exact) mass is 887 g/mol. The van der Waals surface area contributed by atoms with Crippen LogP contribution in [0, 0.1) is 34.5 Å². The second-order valence-electron chi connectivity index (χ2n) is 22.7. The van der Waals surface area contributed by atoms with Crippen LogP contribution in [0.15, 0.2) is 25.3 Å². The number of aliphatic hydroxyl groups excluding tert-OH is 1. The molecule has 0 amide bonds. The van der Waals surface area contributed by atoms with Gasteiger partial charge >= 0.3 is 11.9 Å². The summed E-state index contributed by atoms with van der Waals surface area (Å²) < 4.78 is 19.8. The molecule has 8 atom stereocenters. The fraction of sp³-hybridized carbons (Fsp3) is 0.826. The third-order valence-corrected chi connectivity index (χ3v) is 27.4. The normalized spacial score (nSPS) is 17.8. The van der Waals surface area contributed by atoms with Crippen LogP contribution >= 0.6 is 0 Å². The van der Waals surface area contributed by atoms with Gasteiger partial charge in [0.1, 0.15) is 11.6 Å². The summed E-state index contributed by atoms with van der Waals surface area (Å²) >= 11 is 0. The van der Waals surface area contributed by atoms with Crippen LogP contribution in [-0.2, 0) is 32.5 Å². The maximum Gasteiger partial charge on any atom is 0.306 e. The van der Waals surface area contributed by atoms with E-state index in [1.165, 1.54) is 0 Å². The van der Waals surface area contributed by atoms with Crippen molar-refractivity contribution < 1.29 is 47.8 Å². The van der Waals surface area contributed by atoms with E-state index in [-0.39, 0.29) is 57.1 Å². The molecule has 0 aromatic heterocycles. The zero-order valence-corrected chi connectivity index (χ0v) is 44.8. The lowest BCUT2D eigenvalue weighted by Gasteiger charge is -2.46. The Morgan fingerprint density at radius 1 is 0.525 bits per heavy atom. The predicted octanol–water partition coefficient (Wildman–Crippen LogP) is 11.6. The molecule has 0 rings (SSSR count). The Bertz CT molecular complexity index is 1430. The highest BCUT2D eigenvalue weighted by atomic mass is 28.4. The quantitative estimate of drug-likeness (QED) is 0.0706. The number of carboxylic acid groups (broad SMARTS) is 2. The van der Waals surface area contributed by atoms with E-state index in [2.05, 4.69) is 115 Å². The molecule has 59 heavy (non-hydrogen) atoms. The molecular weight excluding hydrogens is 797 g/mol. The molecule has 0 aliphatic rings. The number of carboxylic acids is 2. The van der Waals surface area contributed by atoms with Gasteiger partial charge in [-0.1, -0.05) is 130 Å². The Balaban J connectivity index is 0. The number of hydrogen-bond acceptors (Lipinski definition) is 8. The number of rotatable bonds is 22. The molecule has 0 aromatic carbocycles. The lowest BCUT2D eigenvalue weighted by Crippen LogP contribution is -2.54. The molecule has 13 heteroatoms. The van der Waals surface area contributed by atoms with Gasteiger partial charge in [0.2, 0.25) is 0 Å². The molecule has 0 aromatic rings. The molecule has 10 nitrogen and oxygen atoms in total. The summed E-state index contributed by atoms with van der Waals surface area (Å²) in [5.41, 5.74) is -2.16. The largest absolute Gasteiger partial charge is 0.481 e. The van der Waals surface area contributed by atoms with E-state index in [9.17, 15) is 29.4 Å². The smallest absolute Gasteiger partial charge is 0.306 e. The fourth-order valence-corrected chi connectivity index (χ4v) is 10.3. The average molecular weight is 887 g/mol. The van der Waals surface area contributed by atoms with Crippen molar-refractivity contribution in [3.05, 3.63) is 25.3 Å². The van der Waals surface area contributed by atoms with E-state index < -0.39 is 78.2 Å². The molecule has 0 fully saturated rings. The van der Waals surface area contributed by atoms with Gasteiger partial charge in [0.25, 0.3) is 0 Å². The Morgan fingerprint density at radius 2 is 0.797 bits per heavy atom. The van der Waals surface area contributed by atoms with Crippen molar-refractivity contribution in [2.24, 2.45) is 34.5 Å². The summed E-state index contributed by atoms with van der Waals surface area (Å²) in [7, 11) is -6.57. The fourth-order valence-electron chi connectivity index (χ4n) is 5.98. The predicted molar refractivity (Wildman–Crippen MR) is 251 cm³/mol. The lowest BCUT2D eigenvalue weighted by atomic mass is 9.73. The molecular formula is C46H90O10Si3. The number of ketones is 2. The minimum atomic E-state index is -2.30. The zero-order chi connectivity index (χ0) is 47.9. The van der Waals surface area contributed by atoms with Gasteiger partial charge in [0, 0.05) is 17.3 Å². The summed E-state index contributed by atoms with van der Waals surface area (Å²) in [4.78, 5) is 49.8. The van der Waals surface area contributed by atoms with Gasteiger partial charge in [-0.2, -0.15) is 0 Å². The molecule has 0 aliphatic carbocycles. The van der Waals surface area contributed by atoms with Crippen molar-refractivity contribution in [2.45, 2.75) is 209 Å². The standard InChI is InChI=1S/C26H52O5Si2.C20H38O5Si/c1-16-18(2)22(31-33(14,15)25(7,8)9)19(3)23(29)26(10,11)20(17-21(27)28)30-32(12,13)24(4,5)6;1-11-13(2)17(25-26(9,10)19(4,5)6)14(3)18(24)20(7,8)15(21)12-16(22)23/h16,18-20,22H,1,17H2,2-15H3,(H,27,28);11,13-15,17,21H,1,12H2,2-10H3,(H,22,23)/t18-,19?,20+,22+;13-,14?,15-,17?/m00/s1. The third kappa shape index (κ3) is 16.5. The molecule has 3 unspecified atom stereocenters. The number of aliphatic hydroxyl groups is 1. The van der Waals surface area contributed by atoms with Gasteiger partial charge in [0.05, 0.1) is 42.7 Å². The van der Waals surface area contributed by atoms with Crippen molar-refractivity contribution >= 4 is 48.5 Å². The maximum atomic E-state index is 14.0. The number of Topliss-reactive ketones (excluding diaryl/α,β-unsaturated/α-hetero) is 2. The number of carbonyl (C=O) groups is 4. The maximum absolute atomic E-state index is 14.0. The van der Waals surface area contributed by atoms with E-state index in [0.29, 0.717) is 0 Å². The van der Waals surface area contributed by atoms with Crippen LogP contribution in [-0.4, -0.2) is 88.2 Å². The van der Waals surface area contributed by atoms with E-state index in [0.717, 1.165) is 0 Å². The van der Waals surface area contributed by atoms with Crippen molar-refractivity contribution in [1.29, 1.82) is 0 Å². The van der Waals surface area contributed by atoms with Crippen molar-refractivity contribution in [1.82, 2.24) is 0 Å². The van der Waals surface area contributed by atoms with Gasteiger partial charge in [-0.25, -0.2) is 0 Å². The van der Waals surface area contributed by atoms with Crippen LogP contribution in [0.3, 0.4) is 0 Å². The van der Waals surface area contributed by atoms with E-state index in [1.807, 2.05) is 40.7 Å². The molecule has 0 bridgehead atoms. The Morgan fingerprint density at radius 3 is 1.05 bits per heavy atom. The van der Waals surface area contributed by atoms with E-state index >= 15 is 0 Å². The highest BCUT2D eigenvalue weighted by molar-refractivity contribution is 6.75. The Kier molecular flexibility index (Phi) is 21.7. The second kappa shape index (κ2) is 21.6. The summed E-state index contributed by atoms with van der Waals surface area (Å²) in [6.45, 7) is 54.5. The Hall–Kier alpha value is -1.75. The molecule has 0 saturated heterocycles. The molecule has 346 valence electrons. The van der Waals surface area contributed by atoms with Gasteiger partial charge in [-0.05, 0) is 66.2 Å². The summed E-state index contributed by atoms with van der Waals surface area (Å²) in [6.07, 6.45) is 0.308. The molecule has 0 radical (unpaired) electrons. The summed E-state index contributed by atoms with van der Waals surface area (Å²) in [5.74, 6) is -3.28. The molecule has 0 saturated carbocycles. The van der Waals surface area contributed by atoms with Gasteiger partial charge in [0.15, 0.2) is 25.0 Å². The molecule has 0 heterocycles. The number of aliphatic carboxylic acids is 2. The van der Waals surface area contributed by atoms with Crippen LogP contribution in [0.5, 0.6) is 0 Å². The van der Waals surface area contributed by atoms with Crippen LogP contribution in [0.2, 0.25) is 54.4 Å². The van der Waals surface area contributed by atoms with E-state index in [1.54, 1.807) is 26.8 Å². The summed E-state index contributed by atoms with van der Waals surface area (Å²) in [6, 6.07) is 0. The van der Waals surface area contributed by atoms with Crippen molar-refractivity contribution in [3.63, 3.8) is 0 Å². The minimum absolute atomic E-state index is 0.00170. The average Bonchev–Trinajstić information content (AvgIpc) is 3.05. The van der Waals surface area contributed by atoms with Crippen LogP contribution < -0.4 is 0 Å². The zero-order valence-electron chi connectivity index (χ0n) is 41.8. The first-order valence-electron chi connectivity index (χ1n) is 21.4. The Labute approximate surface area is 364 Å². The molecule has 3 N–H and O–H groups in total. The minimum Gasteiger partial charge on any atom is -0.481 e. The second-order valence-corrected chi connectivity index (χ2v) is 37.0. The van der Waals surface area contributed by atoms with Crippen LogP contribution in [0.1, 0.15) is 131 Å². The van der Waals surface area contributed by atoms with Crippen LogP contribution in [0.4, 0.5) is 0 Å². The summed E-state index contributed by atoms with van der Waals surface area (Å²) in [5, 5.41) is 28.7. The third-order valence-electron chi connectivity index (χ3n) is 13.9. The first-order chi connectivity index (χ1) is 25.9. The van der Waals surface area contributed by atoms with Crippen molar-refractivity contribution in [3.8, 4) is 0 Å². The van der Waals surface area contributed by atoms with Crippen LogP contribution in [0.25, 0.3) is 0 Å². The highest BCUT2D eigenvalue weighted by Crippen LogP contribution is 2.44. The number of carbonyl (C=O) groups excluding carboxylic acids is 2. The van der Waals surface area contributed by atoms with Crippen molar-refractivity contribution in [2.75, 3.05) is 0 Å².